The first kappa shape index (κ1) is 18.1. The molecule has 0 spiro atoms. The minimum absolute atomic E-state index is 0.115. The van der Waals surface area contributed by atoms with Crippen LogP contribution in [0.25, 0.3) is 0 Å². The molecule has 2 atom stereocenters. The molecule has 7 heteroatoms. The first-order valence-electron chi connectivity index (χ1n) is 9.82. The van der Waals surface area contributed by atoms with Gasteiger partial charge in [0.2, 0.25) is 11.8 Å². The van der Waals surface area contributed by atoms with Crippen LogP contribution in [0.5, 0.6) is 0 Å². The van der Waals surface area contributed by atoms with E-state index in [0.717, 1.165) is 30.8 Å². The highest BCUT2D eigenvalue weighted by molar-refractivity contribution is 6.05. The summed E-state index contributed by atoms with van der Waals surface area (Å²) in [5.41, 5.74) is 2.69. The second-order valence-electron chi connectivity index (χ2n) is 7.67. The number of amides is 3. The number of hydrogen-bond donors (Lipinski definition) is 3. The van der Waals surface area contributed by atoms with Crippen molar-refractivity contribution in [1.82, 2.24) is 20.9 Å². The van der Waals surface area contributed by atoms with Crippen LogP contribution in [0.3, 0.4) is 0 Å². The third kappa shape index (κ3) is 3.89. The van der Waals surface area contributed by atoms with Crippen molar-refractivity contribution in [2.75, 3.05) is 13.1 Å². The summed E-state index contributed by atoms with van der Waals surface area (Å²) in [6.07, 6.45) is 4.42. The summed E-state index contributed by atoms with van der Waals surface area (Å²) in [7, 11) is 0. The first-order chi connectivity index (χ1) is 13.1. The molecule has 3 aliphatic rings. The van der Waals surface area contributed by atoms with Gasteiger partial charge in [0, 0.05) is 37.7 Å². The van der Waals surface area contributed by atoms with Gasteiger partial charge in [0.25, 0.3) is 5.91 Å². The van der Waals surface area contributed by atoms with E-state index < -0.39 is 6.04 Å². The Balaban J connectivity index is 1.37. The van der Waals surface area contributed by atoms with Crippen LogP contribution in [-0.4, -0.2) is 47.8 Å². The normalized spacial score (nSPS) is 25.5. The number of imide groups is 1. The molecule has 1 aromatic carbocycles. The Kier molecular flexibility index (Phi) is 5.22. The van der Waals surface area contributed by atoms with Gasteiger partial charge in [-0.15, -0.1) is 0 Å². The highest BCUT2D eigenvalue weighted by Crippen LogP contribution is 2.28. The Morgan fingerprint density at radius 3 is 2.81 bits per heavy atom. The fourth-order valence-corrected chi connectivity index (χ4v) is 4.20. The van der Waals surface area contributed by atoms with E-state index >= 15 is 0 Å². The highest BCUT2D eigenvalue weighted by atomic mass is 16.2. The summed E-state index contributed by atoms with van der Waals surface area (Å²) in [5.74, 6) is -0.745. The predicted octanol–water partition coefficient (Wildman–Crippen LogP) is 0.679. The number of nitrogens with one attached hydrogen (secondary N) is 3. The average Bonchev–Trinajstić information content (AvgIpc) is 2.99. The maximum absolute atomic E-state index is 12.8. The van der Waals surface area contributed by atoms with Gasteiger partial charge in [0.15, 0.2) is 0 Å². The molecule has 0 bridgehead atoms. The average molecular weight is 370 g/mol. The number of benzene rings is 1. The first-order valence-corrected chi connectivity index (χ1v) is 9.82. The van der Waals surface area contributed by atoms with E-state index in [2.05, 4.69) is 16.0 Å². The monoisotopic (exact) mass is 370 g/mol. The Morgan fingerprint density at radius 2 is 2.04 bits per heavy atom. The maximum Gasteiger partial charge on any atom is 0.255 e. The molecule has 3 amide bonds. The molecular weight excluding hydrogens is 344 g/mol. The largest absolute Gasteiger partial charge is 0.322 e. The molecule has 27 heavy (non-hydrogen) atoms. The molecule has 4 rings (SSSR count). The van der Waals surface area contributed by atoms with E-state index in [0.29, 0.717) is 24.6 Å². The van der Waals surface area contributed by atoms with E-state index in [-0.39, 0.29) is 24.1 Å². The molecule has 0 saturated carbocycles. The summed E-state index contributed by atoms with van der Waals surface area (Å²) < 4.78 is 0. The van der Waals surface area contributed by atoms with Crippen LogP contribution in [0.1, 0.15) is 53.6 Å². The molecular formula is C20H26N4O3. The zero-order chi connectivity index (χ0) is 18.8. The van der Waals surface area contributed by atoms with Crippen molar-refractivity contribution >= 4 is 17.7 Å². The van der Waals surface area contributed by atoms with Gasteiger partial charge in [-0.3, -0.25) is 19.7 Å². The van der Waals surface area contributed by atoms with Gasteiger partial charge >= 0.3 is 0 Å². The van der Waals surface area contributed by atoms with Crippen molar-refractivity contribution in [1.29, 1.82) is 0 Å². The number of rotatable bonds is 5. The molecule has 3 heterocycles. The van der Waals surface area contributed by atoms with Crippen LogP contribution in [0, 0.1) is 0 Å². The third-order valence-corrected chi connectivity index (χ3v) is 5.72. The SMILES string of the molecule is O=C1CCC(N2Cc3ccc(CNC[C@@H]4CCCCN4)cc3C2=O)C(=O)N1. The summed E-state index contributed by atoms with van der Waals surface area (Å²) in [6, 6.07) is 5.93. The molecule has 144 valence electrons. The van der Waals surface area contributed by atoms with Gasteiger partial charge in [0.1, 0.15) is 6.04 Å². The smallest absolute Gasteiger partial charge is 0.255 e. The zero-order valence-corrected chi connectivity index (χ0v) is 15.4. The Hall–Kier alpha value is -2.25. The number of carbonyl (C=O) groups is 3. The van der Waals surface area contributed by atoms with E-state index in [4.69, 9.17) is 0 Å². The number of carbonyl (C=O) groups excluding carboxylic acids is 3. The minimum Gasteiger partial charge on any atom is -0.322 e. The number of nitrogens with zero attached hydrogens (tertiary/aromatic N) is 1. The quantitative estimate of drug-likeness (QED) is 0.663. The van der Waals surface area contributed by atoms with Gasteiger partial charge in [-0.1, -0.05) is 18.6 Å². The molecule has 7 nitrogen and oxygen atoms in total. The van der Waals surface area contributed by atoms with Gasteiger partial charge in [-0.2, -0.15) is 0 Å². The van der Waals surface area contributed by atoms with Gasteiger partial charge in [-0.05, 0) is 43.0 Å². The molecule has 0 aliphatic carbocycles. The lowest BCUT2D eigenvalue weighted by atomic mass is 10.0. The Labute approximate surface area is 158 Å². The highest BCUT2D eigenvalue weighted by Gasteiger charge is 2.39. The molecule has 1 aromatic rings. The fraction of sp³-hybridized carbons (Fsp3) is 0.550. The Bertz CT molecular complexity index is 758. The predicted molar refractivity (Wildman–Crippen MR) is 99.8 cm³/mol. The standard InChI is InChI=1S/C20H26N4O3/c25-18-7-6-17(19(26)23-18)24-12-14-5-4-13(9-16(14)20(24)27)10-21-11-15-3-1-2-8-22-15/h4-5,9,15,17,21-22H,1-3,6-8,10-12H2,(H,23,25,26)/t15-,17?/m0/s1. The Morgan fingerprint density at radius 1 is 1.15 bits per heavy atom. The van der Waals surface area contributed by atoms with Gasteiger partial charge in [-0.25, -0.2) is 0 Å². The minimum atomic E-state index is -0.554. The van der Waals surface area contributed by atoms with Crippen molar-refractivity contribution in [3.63, 3.8) is 0 Å². The number of hydrogen-bond acceptors (Lipinski definition) is 5. The van der Waals surface area contributed by atoms with Crippen LogP contribution >= 0.6 is 0 Å². The van der Waals surface area contributed by atoms with Crippen molar-refractivity contribution in [3.05, 3.63) is 34.9 Å². The second kappa shape index (κ2) is 7.78. The summed E-state index contributed by atoms with van der Waals surface area (Å²) in [5, 5.41) is 9.33. The summed E-state index contributed by atoms with van der Waals surface area (Å²) >= 11 is 0. The topological polar surface area (TPSA) is 90.5 Å². The van der Waals surface area contributed by atoms with Gasteiger partial charge < -0.3 is 15.5 Å². The molecule has 0 radical (unpaired) electrons. The summed E-state index contributed by atoms with van der Waals surface area (Å²) in [6.45, 7) is 3.17. The number of fused-ring (bicyclic) bond motifs is 1. The lowest BCUT2D eigenvalue weighted by Gasteiger charge is -2.29. The van der Waals surface area contributed by atoms with Crippen LogP contribution in [0.15, 0.2) is 18.2 Å². The molecule has 1 unspecified atom stereocenters. The molecule has 0 aromatic heterocycles. The van der Waals surface area contributed by atoms with Crippen molar-refractivity contribution in [2.45, 2.75) is 57.3 Å². The number of piperidine rings is 2. The fourth-order valence-electron chi connectivity index (χ4n) is 4.20. The van der Waals surface area contributed by atoms with Crippen molar-refractivity contribution in [2.24, 2.45) is 0 Å². The van der Waals surface area contributed by atoms with Gasteiger partial charge in [0.05, 0.1) is 0 Å². The second-order valence-corrected chi connectivity index (χ2v) is 7.67. The lowest BCUT2D eigenvalue weighted by molar-refractivity contribution is -0.136. The van der Waals surface area contributed by atoms with E-state index in [1.54, 1.807) is 4.90 Å². The van der Waals surface area contributed by atoms with Crippen LogP contribution in [-0.2, 0) is 22.7 Å². The van der Waals surface area contributed by atoms with E-state index in [1.807, 2.05) is 18.2 Å². The summed E-state index contributed by atoms with van der Waals surface area (Å²) in [4.78, 5) is 37.9. The molecule has 2 fully saturated rings. The van der Waals surface area contributed by atoms with Crippen LogP contribution in [0.4, 0.5) is 0 Å². The maximum atomic E-state index is 12.8. The lowest BCUT2D eigenvalue weighted by Crippen LogP contribution is -2.52. The van der Waals surface area contributed by atoms with Crippen molar-refractivity contribution < 1.29 is 14.4 Å². The third-order valence-electron chi connectivity index (χ3n) is 5.72. The van der Waals surface area contributed by atoms with Crippen LogP contribution < -0.4 is 16.0 Å². The van der Waals surface area contributed by atoms with Crippen LogP contribution in [0.2, 0.25) is 0 Å². The zero-order valence-electron chi connectivity index (χ0n) is 15.4. The molecule has 3 aliphatic heterocycles. The van der Waals surface area contributed by atoms with E-state index in [1.165, 1.54) is 19.3 Å². The molecule has 2 saturated heterocycles. The molecule has 3 N–H and O–H groups in total. The van der Waals surface area contributed by atoms with Crippen molar-refractivity contribution in [3.8, 4) is 0 Å². The van der Waals surface area contributed by atoms with E-state index in [9.17, 15) is 14.4 Å².